The summed E-state index contributed by atoms with van der Waals surface area (Å²) in [6.45, 7) is 7.42. The Morgan fingerprint density at radius 2 is 1.33 bits per heavy atom. The highest BCUT2D eigenvalue weighted by Gasteiger charge is 2.33. The molecule has 4 nitrogen and oxygen atoms in total. The van der Waals surface area contributed by atoms with Crippen molar-refractivity contribution in [3.8, 4) is 0 Å². The lowest BCUT2D eigenvalue weighted by molar-refractivity contribution is 0.0980. The zero-order chi connectivity index (χ0) is 25.5. The van der Waals surface area contributed by atoms with Crippen LogP contribution >= 0.6 is 0 Å². The maximum atomic E-state index is 13.7. The molecule has 4 heteroatoms. The Bertz CT molecular complexity index is 1210. The summed E-state index contributed by atoms with van der Waals surface area (Å²) >= 11 is 0. The van der Waals surface area contributed by atoms with Crippen LogP contribution in [0, 0.1) is 5.92 Å². The minimum Gasteiger partial charge on any atom is -0.384 e. The van der Waals surface area contributed by atoms with Gasteiger partial charge in [0.05, 0.1) is 16.8 Å². The molecule has 0 spiro atoms. The number of fused-ring (bicyclic) bond motifs is 2. The van der Waals surface area contributed by atoms with Gasteiger partial charge in [-0.2, -0.15) is 0 Å². The van der Waals surface area contributed by atoms with Crippen LogP contribution in [0.5, 0.6) is 0 Å². The average molecular weight is 483 g/mol. The van der Waals surface area contributed by atoms with E-state index in [4.69, 9.17) is 0 Å². The Hall–Kier alpha value is -3.40. The molecular weight excluding hydrogens is 444 g/mol. The Labute approximate surface area is 215 Å². The van der Waals surface area contributed by atoms with E-state index < -0.39 is 0 Å². The third-order valence-electron chi connectivity index (χ3n) is 7.25. The molecule has 2 N–H and O–H groups in total. The molecule has 0 aromatic heterocycles. The molecule has 0 amide bonds. The quantitative estimate of drug-likeness (QED) is 0.214. The van der Waals surface area contributed by atoms with E-state index in [2.05, 4.69) is 43.5 Å². The van der Waals surface area contributed by atoms with E-state index in [0.717, 1.165) is 30.8 Å². The molecule has 188 valence electrons. The first-order valence-electron chi connectivity index (χ1n) is 13.5. The second-order valence-electron chi connectivity index (χ2n) is 9.84. The molecule has 3 aromatic rings. The van der Waals surface area contributed by atoms with E-state index in [1.807, 2.05) is 36.4 Å². The van der Waals surface area contributed by atoms with E-state index in [1.165, 1.54) is 37.7 Å². The first-order valence-corrected chi connectivity index (χ1v) is 13.5. The van der Waals surface area contributed by atoms with Crippen LogP contribution in [0.3, 0.4) is 0 Å². The summed E-state index contributed by atoms with van der Waals surface area (Å²) in [5.74, 6) is 0.346. The molecular formula is C32H38N2O2. The van der Waals surface area contributed by atoms with Gasteiger partial charge in [0.1, 0.15) is 0 Å². The molecule has 1 unspecified atom stereocenters. The normalized spacial score (nSPS) is 13.2. The Morgan fingerprint density at radius 3 is 1.94 bits per heavy atom. The monoisotopic (exact) mass is 482 g/mol. The fraction of sp³-hybridized carbons (Fsp3) is 0.375. The maximum absolute atomic E-state index is 13.7. The zero-order valence-electron chi connectivity index (χ0n) is 21.8. The first kappa shape index (κ1) is 25.7. The van der Waals surface area contributed by atoms with Gasteiger partial charge in [0.25, 0.3) is 0 Å². The largest absolute Gasteiger partial charge is 0.384 e. The predicted octanol–water partition coefficient (Wildman–Crippen LogP) is 8.18. The van der Waals surface area contributed by atoms with Gasteiger partial charge in [0.15, 0.2) is 11.6 Å². The summed E-state index contributed by atoms with van der Waals surface area (Å²) in [6.07, 6.45) is 8.04. The molecule has 0 saturated carbocycles. The molecule has 0 heterocycles. The van der Waals surface area contributed by atoms with Gasteiger partial charge in [-0.05, 0) is 55.0 Å². The minimum absolute atomic E-state index is 0.0946. The fourth-order valence-corrected chi connectivity index (χ4v) is 4.98. The highest BCUT2D eigenvalue weighted by atomic mass is 16.1. The molecule has 36 heavy (non-hydrogen) atoms. The van der Waals surface area contributed by atoms with E-state index in [1.54, 1.807) is 12.1 Å². The van der Waals surface area contributed by atoms with Crippen molar-refractivity contribution in [3.63, 3.8) is 0 Å². The van der Waals surface area contributed by atoms with Crippen LogP contribution in [-0.2, 0) is 6.42 Å². The highest BCUT2D eigenvalue weighted by molar-refractivity contribution is 6.31. The molecule has 1 aliphatic carbocycles. The van der Waals surface area contributed by atoms with E-state index in [9.17, 15) is 9.59 Å². The van der Waals surface area contributed by atoms with Crippen LogP contribution in [-0.4, -0.2) is 18.1 Å². The van der Waals surface area contributed by atoms with Gasteiger partial charge in [-0.25, -0.2) is 0 Å². The van der Waals surface area contributed by atoms with E-state index >= 15 is 0 Å². The van der Waals surface area contributed by atoms with Crippen molar-refractivity contribution in [3.05, 3.63) is 88.5 Å². The number of carbonyl (C=O) groups excluding carboxylic acids is 2. The van der Waals surface area contributed by atoms with Gasteiger partial charge in [-0.3, -0.25) is 9.59 Å². The van der Waals surface area contributed by atoms with Gasteiger partial charge >= 0.3 is 0 Å². The van der Waals surface area contributed by atoms with Crippen molar-refractivity contribution >= 4 is 28.6 Å². The summed E-state index contributed by atoms with van der Waals surface area (Å²) in [5, 5.41) is 6.89. The van der Waals surface area contributed by atoms with Gasteiger partial charge in [-0.15, -0.1) is 0 Å². The smallest absolute Gasteiger partial charge is 0.196 e. The van der Waals surface area contributed by atoms with Gasteiger partial charge in [0.2, 0.25) is 0 Å². The fourth-order valence-electron chi connectivity index (χ4n) is 4.98. The Morgan fingerprint density at radius 1 is 0.722 bits per heavy atom. The second-order valence-corrected chi connectivity index (χ2v) is 9.84. The first-order chi connectivity index (χ1) is 17.6. The third-order valence-corrected chi connectivity index (χ3v) is 7.25. The molecule has 1 atom stereocenters. The minimum atomic E-state index is -0.107. The summed E-state index contributed by atoms with van der Waals surface area (Å²) in [4.78, 5) is 27.4. The highest BCUT2D eigenvalue weighted by Crippen LogP contribution is 2.36. The number of hydrogen-bond acceptors (Lipinski definition) is 4. The van der Waals surface area contributed by atoms with Crippen LogP contribution in [0.1, 0.15) is 96.7 Å². The number of aryl methyl sites for hydroxylation is 1. The number of anilines is 3. The van der Waals surface area contributed by atoms with Gasteiger partial charge in [0, 0.05) is 29.0 Å². The van der Waals surface area contributed by atoms with Gasteiger partial charge < -0.3 is 10.6 Å². The molecule has 4 rings (SSSR count). The number of benzene rings is 3. The lowest BCUT2D eigenvalue weighted by Gasteiger charge is -2.24. The maximum Gasteiger partial charge on any atom is 0.196 e. The molecule has 0 aliphatic heterocycles. The van der Waals surface area contributed by atoms with Crippen molar-refractivity contribution in [1.82, 2.24) is 0 Å². The van der Waals surface area contributed by atoms with Crippen LogP contribution in [0.15, 0.2) is 60.7 Å². The number of rotatable bonds is 12. The number of ketones is 2. The lowest BCUT2D eigenvalue weighted by Crippen LogP contribution is -2.24. The topological polar surface area (TPSA) is 58.2 Å². The van der Waals surface area contributed by atoms with Crippen molar-refractivity contribution in [2.24, 2.45) is 5.92 Å². The van der Waals surface area contributed by atoms with Crippen LogP contribution in [0.2, 0.25) is 0 Å². The summed E-state index contributed by atoms with van der Waals surface area (Å²) < 4.78 is 0. The van der Waals surface area contributed by atoms with Crippen LogP contribution in [0.25, 0.3) is 0 Å². The Balaban J connectivity index is 1.60. The standard InChI is InChI=1S/C32H38N2O2/c1-4-7-11-22(6-3)21-33-27-15-9-13-25-29(27)31(35)26-14-10-16-28(30(26)32(25)36)34-24-19-17-23(18-20-24)12-8-5-2/h9-10,13-20,22,33-34H,4-8,11-12,21H2,1-3H3. The zero-order valence-corrected chi connectivity index (χ0v) is 21.8. The van der Waals surface area contributed by atoms with Crippen molar-refractivity contribution in [2.75, 3.05) is 17.2 Å². The molecule has 0 saturated heterocycles. The van der Waals surface area contributed by atoms with Crippen molar-refractivity contribution in [1.29, 1.82) is 0 Å². The lowest BCUT2D eigenvalue weighted by atomic mass is 9.82. The van der Waals surface area contributed by atoms with E-state index in [-0.39, 0.29) is 11.6 Å². The third kappa shape index (κ3) is 5.53. The number of unbranched alkanes of at least 4 members (excludes halogenated alkanes) is 2. The van der Waals surface area contributed by atoms with Gasteiger partial charge in [-0.1, -0.05) is 82.9 Å². The summed E-state index contributed by atoms with van der Waals surface area (Å²) in [6, 6.07) is 19.4. The van der Waals surface area contributed by atoms with Crippen LogP contribution in [0.4, 0.5) is 17.1 Å². The molecule has 0 bridgehead atoms. The van der Waals surface area contributed by atoms with Crippen molar-refractivity contribution < 1.29 is 9.59 Å². The molecule has 1 aliphatic rings. The number of hydrogen-bond donors (Lipinski definition) is 2. The molecule has 3 aromatic carbocycles. The van der Waals surface area contributed by atoms with E-state index in [0.29, 0.717) is 33.9 Å². The number of carbonyl (C=O) groups is 2. The second kappa shape index (κ2) is 12.0. The average Bonchev–Trinajstić information content (AvgIpc) is 2.91. The van der Waals surface area contributed by atoms with Crippen LogP contribution < -0.4 is 10.6 Å². The predicted molar refractivity (Wildman–Crippen MR) is 150 cm³/mol. The van der Waals surface area contributed by atoms with Crippen molar-refractivity contribution in [2.45, 2.75) is 65.7 Å². The molecule has 0 radical (unpaired) electrons. The summed E-state index contributed by atoms with van der Waals surface area (Å²) in [7, 11) is 0. The SMILES string of the molecule is CCCCc1ccc(Nc2cccc3c2C(=O)c2cccc(NCC(CC)CCCC)c2C3=O)cc1. The molecule has 0 fully saturated rings. The Kier molecular flexibility index (Phi) is 8.58. The number of nitrogens with one attached hydrogen (secondary N) is 2. The summed E-state index contributed by atoms with van der Waals surface area (Å²) in [5.41, 5.74) is 5.52.